The number of carbonyl (C=O) groups excluding carboxylic acids is 1. The normalized spacial score (nSPS) is 16.5. The molecule has 1 heterocycles. The van der Waals surface area contributed by atoms with Crippen LogP contribution in [-0.4, -0.2) is 54.7 Å². The van der Waals surface area contributed by atoms with Crippen LogP contribution in [0, 0.1) is 6.92 Å². The van der Waals surface area contributed by atoms with Crippen molar-refractivity contribution < 1.29 is 9.53 Å². The number of piperazine rings is 1. The minimum absolute atomic E-state index is 0.0579. The lowest BCUT2D eigenvalue weighted by Gasteiger charge is -2.42. The molecule has 1 aliphatic rings. The molecule has 1 aromatic carbocycles. The van der Waals surface area contributed by atoms with Gasteiger partial charge in [-0.15, -0.1) is 0 Å². The number of aryl methyl sites for hydroxylation is 1. The minimum atomic E-state index is -0.0579. The Hall–Kier alpha value is -1.75. The lowest BCUT2D eigenvalue weighted by molar-refractivity contribution is 0.0774. The molecule has 5 nitrogen and oxygen atoms in total. The maximum absolute atomic E-state index is 12.4. The maximum atomic E-state index is 12.4. The predicted molar refractivity (Wildman–Crippen MR) is 89.6 cm³/mol. The van der Waals surface area contributed by atoms with Gasteiger partial charge in [-0.05, 0) is 45.4 Å². The second-order valence-electron chi connectivity index (χ2n) is 6.78. The zero-order valence-corrected chi connectivity index (χ0v) is 14.3. The summed E-state index contributed by atoms with van der Waals surface area (Å²) in [6.45, 7) is 11.9. The number of carbonyl (C=O) groups is 1. The van der Waals surface area contributed by atoms with Gasteiger partial charge >= 0.3 is 6.03 Å². The van der Waals surface area contributed by atoms with Gasteiger partial charge in [0.1, 0.15) is 5.75 Å². The Bertz CT molecular complexity index is 529. The number of hydrogen-bond donors (Lipinski definition) is 1. The molecule has 0 saturated carbocycles. The molecular formula is C17H27N3O2. The molecule has 0 aromatic heterocycles. The van der Waals surface area contributed by atoms with Gasteiger partial charge in [-0.25, -0.2) is 4.79 Å². The van der Waals surface area contributed by atoms with Crippen LogP contribution in [0.1, 0.15) is 26.3 Å². The fraction of sp³-hybridized carbons (Fsp3) is 0.588. The summed E-state index contributed by atoms with van der Waals surface area (Å²) in [6, 6.07) is 5.72. The van der Waals surface area contributed by atoms with Gasteiger partial charge < -0.3 is 15.0 Å². The second kappa shape index (κ2) is 6.57. The molecule has 2 amide bonds. The van der Waals surface area contributed by atoms with Gasteiger partial charge in [-0.1, -0.05) is 6.07 Å². The zero-order chi connectivity index (χ0) is 16.3. The SMILES string of the molecule is COc1ccc(C)cc1NC(=O)N1CCN(C(C)(C)C)CC1. The van der Waals surface area contributed by atoms with E-state index in [1.165, 1.54) is 0 Å². The van der Waals surface area contributed by atoms with Gasteiger partial charge in [0.25, 0.3) is 0 Å². The van der Waals surface area contributed by atoms with Gasteiger partial charge in [-0.3, -0.25) is 4.90 Å². The number of anilines is 1. The van der Waals surface area contributed by atoms with Gasteiger partial charge in [0.05, 0.1) is 12.8 Å². The summed E-state index contributed by atoms with van der Waals surface area (Å²) in [5.41, 5.74) is 1.97. The molecule has 0 unspecified atom stereocenters. The third-order valence-corrected chi connectivity index (χ3v) is 4.11. The summed E-state index contributed by atoms with van der Waals surface area (Å²) in [5, 5.41) is 2.97. The van der Waals surface area contributed by atoms with Crippen LogP contribution in [-0.2, 0) is 0 Å². The van der Waals surface area contributed by atoms with Gasteiger partial charge in [0.2, 0.25) is 0 Å². The van der Waals surface area contributed by atoms with Gasteiger partial charge in [-0.2, -0.15) is 0 Å². The van der Waals surface area contributed by atoms with E-state index in [0.717, 1.165) is 37.4 Å². The van der Waals surface area contributed by atoms with E-state index in [1.54, 1.807) is 7.11 Å². The summed E-state index contributed by atoms with van der Waals surface area (Å²) in [4.78, 5) is 16.7. The number of urea groups is 1. The average molecular weight is 305 g/mol. The first-order valence-electron chi connectivity index (χ1n) is 7.77. The fourth-order valence-corrected chi connectivity index (χ4v) is 2.69. The van der Waals surface area contributed by atoms with E-state index in [-0.39, 0.29) is 11.6 Å². The lowest BCUT2D eigenvalue weighted by Crippen LogP contribution is -2.55. The first kappa shape index (κ1) is 16.6. The van der Waals surface area contributed by atoms with E-state index in [4.69, 9.17) is 4.74 Å². The van der Waals surface area contributed by atoms with E-state index >= 15 is 0 Å². The number of methoxy groups -OCH3 is 1. The number of nitrogens with one attached hydrogen (secondary N) is 1. The number of benzene rings is 1. The van der Waals surface area contributed by atoms with Crippen molar-refractivity contribution in [1.82, 2.24) is 9.80 Å². The topological polar surface area (TPSA) is 44.8 Å². The lowest BCUT2D eigenvalue weighted by atomic mass is 10.1. The Morgan fingerprint density at radius 1 is 1.18 bits per heavy atom. The van der Waals surface area contributed by atoms with E-state index in [0.29, 0.717) is 5.75 Å². The number of amides is 2. The van der Waals surface area contributed by atoms with E-state index in [9.17, 15) is 4.79 Å². The van der Waals surface area contributed by atoms with E-state index < -0.39 is 0 Å². The Morgan fingerprint density at radius 3 is 2.36 bits per heavy atom. The highest BCUT2D eigenvalue weighted by atomic mass is 16.5. The van der Waals surface area contributed by atoms with Crippen LogP contribution in [0.2, 0.25) is 0 Å². The van der Waals surface area contributed by atoms with Crippen LogP contribution in [0.25, 0.3) is 0 Å². The summed E-state index contributed by atoms with van der Waals surface area (Å²) in [6.07, 6.45) is 0. The molecule has 5 heteroatoms. The van der Waals surface area contributed by atoms with Crippen molar-refractivity contribution in [2.45, 2.75) is 33.2 Å². The van der Waals surface area contributed by atoms with Crippen molar-refractivity contribution in [3.05, 3.63) is 23.8 Å². The van der Waals surface area contributed by atoms with Crippen LogP contribution in [0.3, 0.4) is 0 Å². The molecule has 0 aliphatic carbocycles. The molecule has 0 spiro atoms. The van der Waals surface area contributed by atoms with Crippen molar-refractivity contribution in [3.8, 4) is 5.75 Å². The minimum Gasteiger partial charge on any atom is -0.495 e. The van der Waals surface area contributed by atoms with E-state index in [1.807, 2.05) is 30.0 Å². The standard InChI is InChI=1S/C17H27N3O2/c1-13-6-7-15(22-5)14(12-13)18-16(21)19-8-10-20(11-9-19)17(2,3)4/h6-7,12H,8-11H2,1-5H3,(H,18,21). The molecule has 1 aliphatic heterocycles. The molecule has 122 valence electrons. The number of rotatable bonds is 2. The Labute approximate surface area is 133 Å². The molecule has 0 atom stereocenters. The summed E-state index contributed by atoms with van der Waals surface area (Å²) >= 11 is 0. The smallest absolute Gasteiger partial charge is 0.322 e. The van der Waals surface area contributed by atoms with Crippen molar-refractivity contribution in [1.29, 1.82) is 0 Å². The zero-order valence-electron chi connectivity index (χ0n) is 14.3. The molecule has 1 aromatic rings. The van der Waals surface area contributed by atoms with Crippen molar-refractivity contribution in [2.24, 2.45) is 0 Å². The molecule has 1 N–H and O–H groups in total. The third-order valence-electron chi connectivity index (χ3n) is 4.11. The third kappa shape index (κ3) is 3.91. The molecular weight excluding hydrogens is 278 g/mol. The first-order chi connectivity index (χ1) is 10.3. The monoisotopic (exact) mass is 305 g/mol. The molecule has 0 bridgehead atoms. The highest BCUT2D eigenvalue weighted by Gasteiger charge is 2.28. The van der Waals surface area contributed by atoms with Crippen LogP contribution >= 0.6 is 0 Å². The summed E-state index contributed by atoms with van der Waals surface area (Å²) in [7, 11) is 1.61. The van der Waals surface area contributed by atoms with Crippen LogP contribution in [0.5, 0.6) is 5.75 Å². The summed E-state index contributed by atoms with van der Waals surface area (Å²) < 4.78 is 5.31. The molecule has 2 rings (SSSR count). The Balaban J connectivity index is 1.98. The predicted octanol–water partition coefficient (Wildman–Crippen LogP) is 2.95. The highest BCUT2D eigenvalue weighted by Crippen LogP contribution is 2.25. The number of hydrogen-bond acceptors (Lipinski definition) is 3. The first-order valence-corrected chi connectivity index (χ1v) is 7.77. The molecule has 1 saturated heterocycles. The molecule has 0 radical (unpaired) electrons. The van der Waals surface area contributed by atoms with Crippen molar-refractivity contribution in [3.63, 3.8) is 0 Å². The van der Waals surface area contributed by atoms with Crippen molar-refractivity contribution >= 4 is 11.7 Å². The van der Waals surface area contributed by atoms with Crippen molar-refractivity contribution in [2.75, 3.05) is 38.6 Å². The molecule has 22 heavy (non-hydrogen) atoms. The maximum Gasteiger partial charge on any atom is 0.322 e. The fourth-order valence-electron chi connectivity index (χ4n) is 2.69. The van der Waals surface area contributed by atoms with Gasteiger partial charge in [0, 0.05) is 31.7 Å². The van der Waals surface area contributed by atoms with Crippen LogP contribution in [0.4, 0.5) is 10.5 Å². The Morgan fingerprint density at radius 2 is 1.82 bits per heavy atom. The average Bonchev–Trinajstić information content (AvgIpc) is 2.46. The van der Waals surface area contributed by atoms with Gasteiger partial charge in [0.15, 0.2) is 0 Å². The summed E-state index contributed by atoms with van der Waals surface area (Å²) in [5.74, 6) is 0.687. The molecule has 1 fully saturated rings. The second-order valence-corrected chi connectivity index (χ2v) is 6.78. The highest BCUT2D eigenvalue weighted by molar-refractivity contribution is 5.91. The largest absolute Gasteiger partial charge is 0.495 e. The van der Waals surface area contributed by atoms with Crippen LogP contribution < -0.4 is 10.1 Å². The number of nitrogens with zero attached hydrogens (tertiary/aromatic N) is 2. The van der Waals surface area contributed by atoms with Crippen LogP contribution in [0.15, 0.2) is 18.2 Å². The quantitative estimate of drug-likeness (QED) is 0.913. The Kier molecular flexibility index (Phi) is 4.96. The van der Waals surface area contributed by atoms with E-state index in [2.05, 4.69) is 31.0 Å². The number of ether oxygens (including phenoxy) is 1.